The van der Waals surface area contributed by atoms with E-state index in [1.54, 1.807) is 0 Å². The van der Waals surface area contributed by atoms with Gasteiger partial charge in [-0.1, -0.05) is 231 Å². The highest BCUT2D eigenvalue weighted by Gasteiger charge is 2.40. The fourth-order valence-corrected chi connectivity index (χ4v) is 13.4. The molecule has 0 unspecified atom stereocenters. The zero-order valence-corrected chi connectivity index (χ0v) is 39.9. The molecular weight excluding hydrogens is 897 g/mol. The van der Waals surface area contributed by atoms with Crippen LogP contribution in [0.25, 0.3) is 142 Å². The summed E-state index contributed by atoms with van der Waals surface area (Å²) in [5.41, 5.74) is 14.1. The van der Waals surface area contributed by atoms with E-state index in [9.17, 15) is 0 Å². The Hall–Kier alpha value is -9.76. The molecule has 0 aromatic heterocycles. The average Bonchev–Trinajstić information content (AvgIpc) is 3.51. The summed E-state index contributed by atoms with van der Waals surface area (Å²) in [4.78, 5) is 32.9. The van der Waals surface area contributed by atoms with E-state index in [-0.39, 0.29) is 11.6 Å². The summed E-state index contributed by atoms with van der Waals surface area (Å²) in [6.45, 7) is 0. The van der Waals surface area contributed by atoms with Crippen molar-refractivity contribution >= 4 is 87.0 Å². The number of benzene rings is 14. The van der Waals surface area contributed by atoms with Gasteiger partial charge in [-0.15, -0.1) is 0 Å². The molecule has 0 heterocycles. The van der Waals surface area contributed by atoms with Crippen LogP contribution in [0.5, 0.6) is 0 Å². The Kier molecular flexibility index (Phi) is 8.50. The zero-order valence-electron chi connectivity index (χ0n) is 39.9. The molecule has 340 valence electrons. The van der Waals surface area contributed by atoms with Crippen LogP contribution in [0.1, 0.15) is 31.8 Å². The number of hydrogen-bond acceptors (Lipinski definition) is 2. The second kappa shape index (κ2) is 15.4. The summed E-state index contributed by atoms with van der Waals surface area (Å²) in [7, 11) is 0. The van der Waals surface area contributed by atoms with Crippen molar-refractivity contribution in [2.24, 2.45) is 0 Å². The van der Waals surface area contributed by atoms with Gasteiger partial charge in [0, 0.05) is 55.3 Å². The van der Waals surface area contributed by atoms with Crippen LogP contribution in [0.15, 0.2) is 243 Å². The molecule has 2 aliphatic carbocycles. The van der Waals surface area contributed by atoms with Crippen molar-refractivity contribution in [3.8, 4) is 66.8 Å². The molecule has 0 fully saturated rings. The van der Waals surface area contributed by atoms with Crippen LogP contribution in [-0.4, -0.2) is 11.6 Å². The Bertz CT molecular complexity index is 4510. The molecule has 2 nitrogen and oxygen atoms in total. The van der Waals surface area contributed by atoms with Crippen molar-refractivity contribution < 1.29 is 9.59 Å². The van der Waals surface area contributed by atoms with Gasteiger partial charge in [0.25, 0.3) is 0 Å². The molecule has 14 aromatic rings. The number of rotatable bonds is 4. The van der Waals surface area contributed by atoms with Crippen molar-refractivity contribution in [1.29, 1.82) is 0 Å². The average molecular weight is 937 g/mol. The van der Waals surface area contributed by atoms with Gasteiger partial charge in [-0.2, -0.15) is 0 Å². The highest BCUT2D eigenvalue weighted by atomic mass is 16.1. The molecule has 0 bridgehead atoms. The molecule has 0 N–H and O–H groups in total. The van der Waals surface area contributed by atoms with E-state index in [1.165, 1.54) is 0 Å². The van der Waals surface area contributed by atoms with E-state index in [0.717, 1.165) is 142 Å². The van der Waals surface area contributed by atoms with Gasteiger partial charge in [-0.05, 0) is 121 Å². The summed E-state index contributed by atoms with van der Waals surface area (Å²) in [6.07, 6.45) is 0. The predicted octanol–water partition coefficient (Wildman–Crippen LogP) is 18.8. The van der Waals surface area contributed by atoms with Gasteiger partial charge < -0.3 is 0 Å². The number of carbonyl (C=O) groups excluding carboxylic acids is 2. The lowest BCUT2D eigenvalue weighted by Gasteiger charge is -2.32. The van der Waals surface area contributed by atoms with E-state index < -0.39 is 0 Å². The minimum Gasteiger partial charge on any atom is -0.289 e. The second-order valence-electron chi connectivity index (χ2n) is 19.9. The van der Waals surface area contributed by atoms with Gasteiger partial charge >= 0.3 is 0 Å². The molecule has 0 radical (unpaired) electrons. The maximum absolute atomic E-state index is 16.5. The summed E-state index contributed by atoms with van der Waals surface area (Å²) >= 11 is 0. The van der Waals surface area contributed by atoms with Crippen LogP contribution in [-0.2, 0) is 0 Å². The molecule has 2 heteroatoms. The molecule has 0 saturated carbocycles. The molecular formula is C72H40O2. The number of fused-ring (bicyclic) bond motifs is 16. The standard InChI is InChI=1S/C72H40O2/c73-71-55-40-38-54-62-56(72(74)70-60(44-27-11-4-12-28-44)66-52-36-20-16-32-48(52)46-30-14-18-34-50(46)64(66)58(68(54)70)42-23-7-2-8-24-42)39-37-53(61(55)62)67-57(41-21-5-1-6-22-41)63-49-33-17-13-29-45(49)47-31-15-19-35-51(47)65(63)59(69(67)71)43-25-9-3-10-26-43/h1-40H. The number of hydrogen-bond donors (Lipinski definition) is 0. The lowest BCUT2D eigenvalue weighted by molar-refractivity contribution is 0.103. The SMILES string of the molecule is O=C1c2c(c(-c3ccccc3)c3c4ccccc4c4ccccc4c3c2-c2ccccc2)-c2ccc3c4c(ccc1c24)-c1c(c(-c2ccccc2)c2c4ccccc4c4ccccc4c2c1-c1ccccc1)C3=O. The Morgan fingerprint density at radius 3 is 0.649 bits per heavy atom. The number of ketones is 2. The quantitative estimate of drug-likeness (QED) is 0.165. The van der Waals surface area contributed by atoms with Gasteiger partial charge in [0.2, 0.25) is 0 Å². The van der Waals surface area contributed by atoms with E-state index >= 15 is 9.59 Å². The van der Waals surface area contributed by atoms with Gasteiger partial charge in [0.15, 0.2) is 11.6 Å². The minimum absolute atomic E-state index is 0.0474. The maximum Gasteiger partial charge on any atom is 0.194 e. The third-order valence-electron chi connectivity index (χ3n) is 16.3. The van der Waals surface area contributed by atoms with Gasteiger partial charge in [-0.3, -0.25) is 9.59 Å². The zero-order chi connectivity index (χ0) is 48.8. The third-order valence-corrected chi connectivity index (χ3v) is 16.3. The maximum atomic E-state index is 16.5. The van der Waals surface area contributed by atoms with E-state index in [2.05, 4.69) is 231 Å². The van der Waals surface area contributed by atoms with Crippen LogP contribution in [0.4, 0.5) is 0 Å². The molecule has 0 amide bonds. The van der Waals surface area contributed by atoms with Crippen molar-refractivity contribution in [2.75, 3.05) is 0 Å². The molecule has 0 aliphatic heterocycles. The first-order valence-electron chi connectivity index (χ1n) is 25.4. The first-order valence-corrected chi connectivity index (χ1v) is 25.4. The molecule has 0 atom stereocenters. The molecule has 0 spiro atoms. The first kappa shape index (κ1) is 40.9. The van der Waals surface area contributed by atoms with E-state index in [0.29, 0.717) is 22.3 Å². The van der Waals surface area contributed by atoms with Crippen molar-refractivity contribution in [3.63, 3.8) is 0 Å². The Morgan fingerprint density at radius 2 is 0.378 bits per heavy atom. The van der Waals surface area contributed by atoms with Crippen LogP contribution in [0.2, 0.25) is 0 Å². The first-order chi connectivity index (χ1) is 36.7. The Morgan fingerprint density at radius 1 is 0.162 bits per heavy atom. The molecule has 14 aromatic carbocycles. The third kappa shape index (κ3) is 5.38. The van der Waals surface area contributed by atoms with Crippen molar-refractivity contribution in [2.45, 2.75) is 0 Å². The summed E-state index contributed by atoms with van der Waals surface area (Å²) in [5, 5.41) is 15.0. The summed E-state index contributed by atoms with van der Waals surface area (Å²) in [5.74, 6) is -0.0947. The van der Waals surface area contributed by atoms with E-state index in [1.807, 2.05) is 12.1 Å². The largest absolute Gasteiger partial charge is 0.289 e. The summed E-state index contributed by atoms with van der Waals surface area (Å²) in [6, 6.07) is 85.4. The van der Waals surface area contributed by atoms with Crippen molar-refractivity contribution in [1.82, 2.24) is 0 Å². The lowest BCUT2D eigenvalue weighted by atomic mass is 9.68. The Balaban J connectivity index is 1.14. The topological polar surface area (TPSA) is 34.1 Å². The summed E-state index contributed by atoms with van der Waals surface area (Å²) < 4.78 is 0. The predicted molar refractivity (Wildman–Crippen MR) is 308 cm³/mol. The lowest BCUT2D eigenvalue weighted by Crippen LogP contribution is -2.18. The van der Waals surface area contributed by atoms with Gasteiger partial charge in [-0.25, -0.2) is 0 Å². The van der Waals surface area contributed by atoms with Gasteiger partial charge in [0.1, 0.15) is 0 Å². The van der Waals surface area contributed by atoms with Crippen LogP contribution in [0.3, 0.4) is 0 Å². The normalized spacial score (nSPS) is 12.6. The Labute approximate surface area is 426 Å². The molecule has 2 aliphatic rings. The monoisotopic (exact) mass is 936 g/mol. The van der Waals surface area contributed by atoms with Crippen molar-refractivity contribution in [3.05, 3.63) is 265 Å². The second-order valence-corrected chi connectivity index (χ2v) is 19.9. The fraction of sp³-hybridized carbons (Fsp3) is 0. The van der Waals surface area contributed by atoms with Crippen LogP contribution >= 0.6 is 0 Å². The van der Waals surface area contributed by atoms with Crippen LogP contribution < -0.4 is 0 Å². The highest BCUT2D eigenvalue weighted by Crippen LogP contribution is 2.59. The van der Waals surface area contributed by atoms with Crippen LogP contribution in [0, 0.1) is 0 Å². The number of carbonyl (C=O) groups is 2. The molecule has 16 rings (SSSR count). The highest BCUT2D eigenvalue weighted by molar-refractivity contribution is 6.44. The minimum atomic E-state index is -0.0474. The molecule has 0 saturated heterocycles. The van der Waals surface area contributed by atoms with Gasteiger partial charge in [0.05, 0.1) is 0 Å². The smallest absolute Gasteiger partial charge is 0.194 e. The fourth-order valence-electron chi connectivity index (χ4n) is 13.4. The molecule has 74 heavy (non-hydrogen) atoms. The van der Waals surface area contributed by atoms with E-state index in [4.69, 9.17) is 0 Å².